The first-order chi connectivity index (χ1) is 17.5. The summed E-state index contributed by atoms with van der Waals surface area (Å²) in [6.45, 7) is 15.3. The standard InChI is InChI=1S/C32H50N2OS/c1-6-10-15-28(22-29-16-12-11-13-17-29)18-14-20-33-21-19-32(35)34-24-30(23-27(7-2)8-3)31(9-4)36-25-26(34)5/h9,11-13,16-17,23,26,28,33H,4,6-8,10,14-15,18-22,24-25H2,1-3,5H3/t26-,28?/m0/s1. The van der Waals surface area contributed by atoms with E-state index >= 15 is 0 Å². The molecule has 1 unspecified atom stereocenters. The summed E-state index contributed by atoms with van der Waals surface area (Å²) in [5, 5.41) is 3.55. The molecule has 0 radical (unpaired) electrons. The molecule has 3 nitrogen and oxygen atoms in total. The summed E-state index contributed by atoms with van der Waals surface area (Å²) in [5.74, 6) is 1.93. The Hall–Kier alpha value is -1.78. The maximum Gasteiger partial charge on any atom is 0.224 e. The van der Waals surface area contributed by atoms with Crippen LogP contribution in [-0.2, 0) is 11.2 Å². The topological polar surface area (TPSA) is 32.3 Å². The summed E-state index contributed by atoms with van der Waals surface area (Å²) < 4.78 is 0. The molecule has 1 aliphatic rings. The molecule has 0 bridgehead atoms. The molecule has 0 aromatic heterocycles. The van der Waals surface area contributed by atoms with E-state index in [1.54, 1.807) is 0 Å². The molecule has 0 aliphatic carbocycles. The summed E-state index contributed by atoms with van der Waals surface area (Å²) in [7, 11) is 0. The van der Waals surface area contributed by atoms with Gasteiger partial charge in [0.25, 0.3) is 0 Å². The Labute approximate surface area is 225 Å². The second-order valence-corrected chi connectivity index (χ2v) is 11.2. The van der Waals surface area contributed by atoms with Gasteiger partial charge in [0.1, 0.15) is 0 Å². The third-order valence-electron chi connectivity index (χ3n) is 7.28. The van der Waals surface area contributed by atoms with Gasteiger partial charge in [0, 0.05) is 36.2 Å². The first-order valence-electron chi connectivity index (χ1n) is 14.2. The number of allylic oxidation sites excluding steroid dienone is 2. The number of nitrogens with zero attached hydrogens (tertiary/aromatic N) is 1. The number of rotatable bonds is 16. The maximum absolute atomic E-state index is 13.2. The minimum Gasteiger partial charge on any atom is -0.335 e. The zero-order valence-electron chi connectivity index (χ0n) is 23.4. The first-order valence-corrected chi connectivity index (χ1v) is 15.2. The predicted octanol–water partition coefficient (Wildman–Crippen LogP) is 7.95. The molecule has 4 heteroatoms. The van der Waals surface area contributed by atoms with E-state index in [1.165, 1.54) is 60.1 Å². The van der Waals surface area contributed by atoms with Gasteiger partial charge in [0.15, 0.2) is 0 Å². The number of nitrogens with one attached hydrogen (secondary N) is 1. The monoisotopic (exact) mass is 510 g/mol. The Balaban J connectivity index is 1.81. The van der Waals surface area contributed by atoms with E-state index in [9.17, 15) is 4.79 Å². The van der Waals surface area contributed by atoms with E-state index in [4.69, 9.17) is 0 Å². The molecule has 0 saturated heterocycles. The van der Waals surface area contributed by atoms with Gasteiger partial charge in [-0.3, -0.25) is 4.79 Å². The van der Waals surface area contributed by atoms with Crippen molar-refractivity contribution in [3.63, 3.8) is 0 Å². The molecule has 2 atom stereocenters. The normalized spacial score (nSPS) is 17.0. The van der Waals surface area contributed by atoms with Gasteiger partial charge in [0.2, 0.25) is 5.91 Å². The van der Waals surface area contributed by atoms with E-state index in [0.717, 1.165) is 37.6 Å². The molecule has 0 spiro atoms. The Bertz CT molecular complexity index is 839. The number of carbonyl (C=O) groups excluding carboxylic acids is 1. The van der Waals surface area contributed by atoms with Crippen molar-refractivity contribution in [2.24, 2.45) is 5.92 Å². The van der Waals surface area contributed by atoms with Gasteiger partial charge >= 0.3 is 0 Å². The number of hydrogen-bond acceptors (Lipinski definition) is 3. The number of benzene rings is 1. The molecule has 1 aromatic rings. The lowest BCUT2D eigenvalue weighted by atomic mass is 9.90. The van der Waals surface area contributed by atoms with Crippen molar-refractivity contribution < 1.29 is 4.79 Å². The fourth-order valence-electron chi connectivity index (χ4n) is 4.92. The molecular formula is C32H50N2OS. The van der Waals surface area contributed by atoms with Crippen molar-refractivity contribution >= 4 is 17.7 Å². The molecular weight excluding hydrogens is 460 g/mol. The smallest absolute Gasteiger partial charge is 0.224 e. The summed E-state index contributed by atoms with van der Waals surface area (Å²) in [5.41, 5.74) is 4.13. The number of hydrogen-bond donors (Lipinski definition) is 1. The van der Waals surface area contributed by atoms with Crippen LogP contribution in [0.4, 0.5) is 0 Å². The number of thioether (sulfide) groups is 1. The summed E-state index contributed by atoms with van der Waals surface area (Å²) in [4.78, 5) is 16.5. The first kappa shape index (κ1) is 30.4. The highest BCUT2D eigenvalue weighted by Gasteiger charge is 2.25. The van der Waals surface area contributed by atoms with Gasteiger partial charge < -0.3 is 10.2 Å². The van der Waals surface area contributed by atoms with Crippen molar-refractivity contribution in [3.8, 4) is 0 Å². The van der Waals surface area contributed by atoms with E-state index in [0.29, 0.717) is 13.0 Å². The highest BCUT2D eigenvalue weighted by molar-refractivity contribution is 8.03. The zero-order chi connectivity index (χ0) is 26.2. The Morgan fingerprint density at radius 2 is 1.86 bits per heavy atom. The molecule has 1 heterocycles. The Kier molecular flexibility index (Phi) is 14.9. The van der Waals surface area contributed by atoms with Crippen LogP contribution in [-0.4, -0.2) is 42.2 Å². The predicted molar refractivity (Wildman–Crippen MR) is 159 cm³/mol. The van der Waals surface area contributed by atoms with Crippen LogP contribution in [0.3, 0.4) is 0 Å². The highest BCUT2D eigenvalue weighted by atomic mass is 32.2. The molecule has 1 aliphatic heterocycles. The van der Waals surface area contributed by atoms with Gasteiger partial charge in [-0.05, 0) is 62.6 Å². The van der Waals surface area contributed by atoms with Crippen LogP contribution in [0.15, 0.2) is 65.1 Å². The fourth-order valence-corrected chi connectivity index (χ4v) is 5.95. The van der Waals surface area contributed by atoms with E-state index in [-0.39, 0.29) is 11.9 Å². The van der Waals surface area contributed by atoms with Crippen molar-refractivity contribution in [1.82, 2.24) is 10.2 Å². The van der Waals surface area contributed by atoms with Crippen LogP contribution in [0.1, 0.15) is 84.6 Å². The van der Waals surface area contributed by atoms with Crippen LogP contribution >= 0.6 is 11.8 Å². The van der Waals surface area contributed by atoms with Crippen molar-refractivity contribution in [3.05, 3.63) is 70.7 Å². The second-order valence-electron chi connectivity index (χ2n) is 10.1. The minimum atomic E-state index is 0.229. The van der Waals surface area contributed by atoms with Gasteiger partial charge in [-0.25, -0.2) is 0 Å². The van der Waals surface area contributed by atoms with Gasteiger partial charge in [0.05, 0.1) is 0 Å². The van der Waals surface area contributed by atoms with Crippen LogP contribution in [0.2, 0.25) is 0 Å². The average molecular weight is 511 g/mol. The molecule has 0 saturated carbocycles. The molecule has 1 aromatic carbocycles. The highest BCUT2D eigenvalue weighted by Crippen LogP contribution is 2.30. The summed E-state index contributed by atoms with van der Waals surface area (Å²) in [6, 6.07) is 11.1. The summed E-state index contributed by atoms with van der Waals surface area (Å²) in [6.07, 6.45) is 14.4. The Morgan fingerprint density at radius 1 is 1.14 bits per heavy atom. The molecule has 36 heavy (non-hydrogen) atoms. The third-order valence-corrected chi connectivity index (χ3v) is 8.67. The van der Waals surface area contributed by atoms with Crippen LogP contribution in [0.5, 0.6) is 0 Å². The summed E-state index contributed by atoms with van der Waals surface area (Å²) >= 11 is 1.84. The van der Waals surface area contributed by atoms with Crippen LogP contribution in [0, 0.1) is 5.92 Å². The third kappa shape index (κ3) is 10.7. The van der Waals surface area contributed by atoms with Gasteiger partial charge in [-0.2, -0.15) is 0 Å². The minimum absolute atomic E-state index is 0.229. The van der Waals surface area contributed by atoms with Crippen LogP contribution in [0.25, 0.3) is 0 Å². The van der Waals surface area contributed by atoms with E-state index in [1.807, 2.05) is 17.8 Å². The van der Waals surface area contributed by atoms with Gasteiger partial charge in [-0.1, -0.05) is 94.7 Å². The Morgan fingerprint density at radius 3 is 2.53 bits per heavy atom. The van der Waals surface area contributed by atoms with E-state index in [2.05, 4.69) is 80.9 Å². The SMILES string of the molecule is C=CC1=C(C=C(CC)CC)CN(C(=O)CCNCCCC(CCCC)Cc2ccccc2)[C@@H](C)CS1. The largest absolute Gasteiger partial charge is 0.335 e. The van der Waals surface area contributed by atoms with E-state index < -0.39 is 0 Å². The van der Waals surface area contributed by atoms with Gasteiger partial charge in [-0.15, -0.1) is 11.8 Å². The van der Waals surface area contributed by atoms with Crippen LogP contribution < -0.4 is 5.32 Å². The lowest BCUT2D eigenvalue weighted by Gasteiger charge is -2.28. The average Bonchev–Trinajstić information content (AvgIpc) is 3.06. The molecule has 1 N–H and O–H groups in total. The van der Waals surface area contributed by atoms with Crippen molar-refractivity contribution in [2.75, 3.05) is 25.4 Å². The molecule has 200 valence electrons. The number of unbranched alkanes of at least 4 members (excludes halogenated alkanes) is 1. The molecule has 2 rings (SSSR count). The lowest BCUT2D eigenvalue weighted by Crippen LogP contribution is -2.41. The molecule has 1 amide bonds. The maximum atomic E-state index is 13.2. The number of amides is 1. The quantitative estimate of drug-likeness (QED) is 0.229. The molecule has 0 fully saturated rings. The zero-order valence-corrected chi connectivity index (χ0v) is 24.2. The van der Waals surface area contributed by atoms with Crippen molar-refractivity contribution in [2.45, 2.75) is 91.5 Å². The second kappa shape index (κ2) is 17.6. The lowest BCUT2D eigenvalue weighted by molar-refractivity contribution is -0.132. The number of carbonyl (C=O) groups is 1. The van der Waals surface area contributed by atoms with Crippen molar-refractivity contribution in [1.29, 1.82) is 0 Å². The fraction of sp³-hybridized carbons (Fsp3) is 0.594.